The Labute approximate surface area is 176 Å². The molecule has 0 bridgehead atoms. The molecule has 1 saturated heterocycles. The molecule has 0 unspecified atom stereocenters. The lowest BCUT2D eigenvalue weighted by Crippen LogP contribution is -2.43. The molecule has 160 valence electrons. The van der Waals surface area contributed by atoms with Crippen LogP contribution in [0.25, 0.3) is 11.2 Å². The summed E-state index contributed by atoms with van der Waals surface area (Å²) in [6.07, 6.45) is 2.78. The van der Waals surface area contributed by atoms with E-state index in [0.29, 0.717) is 37.5 Å². The van der Waals surface area contributed by atoms with Crippen molar-refractivity contribution in [1.29, 1.82) is 5.41 Å². The lowest BCUT2D eigenvalue weighted by Gasteiger charge is -2.27. The number of H-pyrrole nitrogens is 1. The van der Waals surface area contributed by atoms with E-state index in [1.165, 1.54) is 30.6 Å². The third-order valence-corrected chi connectivity index (χ3v) is 4.95. The third kappa shape index (κ3) is 4.21. The zero-order chi connectivity index (χ0) is 22.0. The standard InChI is InChI=1S/C20H20FN7O3/c21-11-1-2-12(14(7-11)24-10-16(29)28-3-5-31-6-4-28)17(22)15-9-26-20-18(27-15)13(8-25-20)19(23)30/h1-2,7-9,22,24H,3-6,10H2,(H2,23,30)(H,25,26). The summed E-state index contributed by atoms with van der Waals surface area (Å²) in [5.41, 5.74) is 6.85. The zero-order valence-corrected chi connectivity index (χ0v) is 16.4. The van der Waals surface area contributed by atoms with Gasteiger partial charge in [0, 0.05) is 30.5 Å². The second-order valence-corrected chi connectivity index (χ2v) is 6.93. The number of nitrogens with two attached hydrogens (primary N) is 1. The molecule has 0 atom stereocenters. The number of primary amides is 1. The van der Waals surface area contributed by atoms with Gasteiger partial charge in [-0.2, -0.15) is 0 Å². The van der Waals surface area contributed by atoms with E-state index in [-0.39, 0.29) is 40.6 Å². The van der Waals surface area contributed by atoms with Gasteiger partial charge >= 0.3 is 0 Å². The van der Waals surface area contributed by atoms with Crippen molar-refractivity contribution in [3.05, 3.63) is 53.2 Å². The minimum atomic E-state index is -0.671. The molecule has 1 aliphatic rings. The van der Waals surface area contributed by atoms with Crippen molar-refractivity contribution in [2.45, 2.75) is 0 Å². The molecule has 10 nitrogen and oxygen atoms in total. The van der Waals surface area contributed by atoms with E-state index in [2.05, 4.69) is 20.3 Å². The highest BCUT2D eigenvalue weighted by atomic mass is 19.1. The zero-order valence-electron chi connectivity index (χ0n) is 16.4. The van der Waals surface area contributed by atoms with Crippen molar-refractivity contribution in [2.24, 2.45) is 5.73 Å². The first-order valence-electron chi connectivity index (χ1n) is 9.56. The van der Waals surface area contributed by atoms with Crippen molar-refractivity contribution >= 4 is 34.4 Å². The van der Waals surface area contributed by atoms with Crippen LogP contribution in [0.5, 0.6) is 0 Å². The SMILES string of the molecule is N=C(c1cnc2[nH]cc(C(N)=O)c2n1)c1ccc(F)cc1NCC(=O)N1CCOCC1. The molecular formula is C20H20FN7O3. The summed E-state index contributed by atoms with van der Waals surface area (Å²) >= 11 is 0. The molecule has 3 heterocycles. The van der Waals surface area contributed by atoms with Gasteiger partial charge < -0.3 is 25.7 Å². The van der Waals surface area contributed by atoms with Gasteiger partial charge in [-0.1, -0.05) is 0 Å². The monoisotopic (exact) mass is 425 g/mol. The van der Waals surface area contributed by atoms with Crippen LogP contribution in [0, 0.1) is 11.2 Å². The van der Waals surface area contributed by atoms with Crippen molar-refractivity contribution in [3.8, 4) is 0 Å². The molecule has 1 aromatic carbocycles. The minimum Gasteiger partial charge on any atom is -0.378 e. The van der Waals surface area contributed by atoms with Crippen molar-refractivity contribution in [3.63, 3.8) is 0 Å². The summed E-state index contributed by atoms with van der Waals surface area (Å²) in [6.45, 7) is 1.91. The minimum absolute atomic E-state index is 0.0488. The van der Waals surface area contributed by atoms with Gasteiger partial charge in [0.15, 0.2) is 5.65 Å². The summed E-state index contributed by atoms with van der Waals surface area (Å²) in [6, 6.07) is 3.86. The predicted octanol–water partition coefficient (Wildman–Crippen LogP) is 0.883. The Kier molecular flexibility index (Phi) is 5.58. The third-order valence-electron chi connectivity index (χ3n) is 4.95. The van der Waals surface area contributed by atoms with Gasteiger partial charge in [-0.05, 0) is 18.2 Å². The normalized spacial score (nSPS) is 13.9. The van der Waals surface area contributed by atoms with Gasteiger partial charge in [0.2, 0.25) is 5.91 Å². The van der Waals surface area contributed by atoms with E-state index in [0.717, 1.165) is 0 Å². The highest BCUT2D eigenvalue weighted by Gasteiger charge is 2.19. The molecule has 4 rings (SSSR count). The van der Waals surface area contributed by atoms with Crippen molar-refractivity contribution in [1.82, 2.24) is 19.9 Å². The van der Waals surface area contributed by atoms with Crippen LogP contribution in [0.2, 0.25) is 0 Å². The van der Waals surface area contributed by atoms with E-state index in [1.807, 2.05) is 0 Å². The lowest BCUT2D eigenvalue weighted by molar-refractivity contribution is -0.133. The Bertz CT molecular complexity index is 1170. The summed E-state index contributed by atoms with van der Waals surface area (Å²) in [5.74, 6) is -1.33. The highest BCUT2D eigenvalue weighted by molar-refractivity contribution is 6.14. The molecular weight excluding hydrogens is 405 g/mol. The van der Waals surface area contributed by atoms with E-state index in [1.54, 1.807) is 4.90 Å². The molecule has 11 heteroatoms. The number of aromatic amines is 1. The lowest BCUT2D eigenvalue weighted by atomic mass is 10.0. The Morgan fingerprint density at radius 1 is 1.29 bits per heavy atom. The number of hydrogen-bond acceptors (Lipinski definition) is 7. The van der Waals surface area contributed by atoms with Gasteiger partial charge in [0.25, 0.3) is 5.91 Å². The highest BCUT2D eigenvalue weighted by Crippen LogP contribution is 2.22. The van der Waals surface area contributed by atoms with Gasteiger partial charge in [-0.3, -0.25) is 15.0 Å². The number of nitrogens with one attached hydrogen (secondary N) is 3. The van der Waals surface area contributed by atoms with Crippen LogP contribution >= 0.6 is 0 Å². The second kappa shape index (κ2) is 8.48. The number of aromatic nitrogens is 3. The predicted molar refractivity (Wildman–Crippen MR) is 111 cm³/mol. The fraction of sp³-hybridized carbons (Fsp3) is 0.250. The molecule has 31 heavy (non-hydrogen) atoms. The number of amides is 2. The number of morpholine rings is 1. The van der Waals surface area contributed by atoms with E-state index < -0.39 is 11.7 Å². The number of hydrogen-bond donors (Lipinski definition) is 4. The molecule has 3 aromatic rings. The van der Waals surface area contributed by atoms with Gasteiger partial charge in [-0.25, -0.2) is 14.4 Å². The van der Waals surface area contributed by atoms with Crippen LogP contribution in [-0.2, 0) is 9.53 Å². The van der Waals surface area contributed by atoms with E-state index in [4.69, 9.17) is 15.9 Å². The summed E-state index contributed by atoms with van der Waals surface area (Å²) in [4.78, 5) is 37.0. The first-order valence-corrected chi connectivity index (χ1v) is 9.56. The van der Waals surface area contributed by atoms with E-state index in [9.17, 15) is 14.0 Å². The molecule has 0 saturated carbocycles. The van der Waals surface area contributed by atoms with Crippen LogP contribution in [0.15, 0.2) is 30.6 Å². The first-order chi connectivity index (χ1) is 14.9. The summed E-state index contributed by atoms with van der Waals surface area (Å²) < 4.78 is 19.1. The Morgan fingerprint density at radius 3 is 2.81 bits per heavy atom. The van der Waals surface area contributed by atoms with Gasteiger partial charge in [-0.15, -0.1) is 0 Å². The summed E-state index contributed by atoms with van der Waals surface area (Å²) in [5, 5.41) is 11.5. The number of benzene rings is 1. The topological polar surface area (TPSA) is 150 Å². The molecule has 5 N–H and O–H groups in total. The Balaban J connectivity index is 1.59. The first kappa shape index (κ1) is 20.4. The van der Waals surface area contributed by atoms with Gasteiger partial charge in [0.05, 0.1) is 37.2 Å². The van der Waals surface area contributed by atoms with Crippen LogP contribution < -0.4 is 11.1 Å². The maximum Gasteiger partial charge on any atom is 0.252 e. The average molecular weight is 425 g/mol. The number of anilines is 1. The van der Waals surface area contributed by atoms with Crippen molar-refractivity contribution in [2.75, 3.05) is 38.2 Å². The molecule has 1 aliphatic heterocycles. The number of carbonyl (C=O) groups excluding carboxylic acids is 2. The second-order valence-electron chi connectivity index (χ2n) is 6.93. The maximum atomic E-state index is 13.9. The Morgan fingerprint density at radius 2 is 2.06 bits per heavy atom. The molecule has 2 amide bonds. The fourth-order valence-electron chi connectivity index (χ4n) is 3.31. The quantitative estimate of drug-likeness (QED) is 0.431. The number of halogens is 1. The number of rotatable bonds is 6. The molecule has 0 spiro atoms. The average Bonchev–Trinajstić information content (AvgIpc) is 3.21. The van der Waals surface area contributed by atoms with E-state index >= 15 is 0 Å². The van der Waals surface area contributed by atoms with Crippen LogP contribution in [-0.4, -0.2) is 70.2 Å². The number of carbonyl (C=O) groups is 2. The van der Waals surface area contributed by atoms with Crippen LogP contribution in [0.1, 0.15) is 21.6 Å². The maximum absolute atomic E-state index is 13.9. The van der Waals surface area contributed by atoms with Crippen molar-refractivity contribution < 1.29 is 18.7 Å². The smallest absolute Gasteiger partial charge is 0.252 e. The van der Waals surface area contributed by atoms with Crippen LogP contribution in [0.4, 0.5) is 10.1 Å². The number of ether oxygens (including phenoxy) is 1. The molecule has 0 aliphatic carbocycles. The van der Waals surface area contributed by atoms with Gasteiger partial charge in [0.1, 0.15) is 17.0 Å². The fourth-order valence-corrected chi connectivity index (χ4v) is 3.31. The molecule has 1 fully saturated rings. The van der Waals surface area contributed by atoms with Crippen LogP contribution in [0.3, 0.4) is 0 Å². The number of nitrogens with zero attached hydrogens (tertiary/aromatic N) is 3. The number of fused-ring (bicyclic) bond motifs is 1. The largest absolute Gasteiger partial charge is 0.378 e. The molecule has 2 aromatic heterocycles. The summed E-state index contributed by atoms with van der Waals surface area (Å²) in [7, 11) is 0. The Hall–Kier alpha value is -3.86. The molecule has 0 radical (unpaired) electrons.